The van der Waals surface area contributed by atoms with Gasteiger partial charge >= 0.3 is 5.97 Å². The SMILES string of the molecule is CCC(C)OC(=O)CC1C(=O)NCCN1C(=O)COc1cc(C)ccc1C(C)C. The molecule has 0 aliphatic carbocycles. The van der Waals surface area contributed by atoms with Gasteiger partial charge in [0.1, 0.15) is 11.8 Å². The highest BCUT2D eigenvalue weighted by atomic mass is 16.5. The van der Waals surface area contributed by atoms with Gasteiger partial charge in [-0.3, -0.25) is 14.4 Å². The summed E-state index contributed by atoms with van der Waals surface area (Å²) < 4.78 is 11.1. The van der Waals surface area contributed by atoms with E-state index in [-0.39, 0.29) is 36.9 Å². The molecule has 7 heteroatoms. The molecule has 1 heterocycles. The van der Waals surface area contributed by atoms with E-state index in [4.69, 9.17) is 9.47 Å². The van der Waals surface area contributed by atoms with Crippen LogP contribution in [0.1, 0.15) is 57.6 Å². The first-order valence-corrected chi connectivity index (χ1v) is 10.2. The molecule has 1 aromatic carbocycles. The van der Waals surface area contributed by atoms with Gasteiger partial charge in [0, 0.05) is 13.1 Å². The lowest BCUT2D eigenvalue weighted by molar-refractivity contribution is -0.155. The molecule has 1 saturated heterocycles. The standard InChI is InChI=1S/C22H32N2O5/c1-6-16(5)29-21(26)12-18-22(27)23-9-10-24(18)20(25)13-28-19-11-15(4)7-8-17(19)14(2)3/h7-8,11,14,16,18H,6,9-10,12-13H2,1-5H3,(H,23,27). The van der Waals surface area contributed by atoms with E-state index < -0.39 is 12.0 Å². The van der Waals surface area contributed by atoms with E-state index in [0.29, 0.717) is 25.3 Å². The van der Waals surface area contributed by atoms with E-state index >= 15 is 0 Å². The Labute approximate surface area is 172 Å². The number of carbonyl (C=O) groups is 3. The summed E-state index contributed by atoms with van der Waals surface area (Å²) >= 11 is 0. The molecular formula is C22H32N2O5. The number of nitrogens with one attached hydrogen (secondary N) is 1. The molecule has 7 nitrogen and oxygen atoms in total. The lowest BCUT2D eigenvalue weighted by Crippen LogP contribution is -2.58. The number of aryl methyl sites for hydroxylation is 1. The van der Waals surface area contributed by atoms with Crippen molar-refractivity contribution in [3.8, 4) is 5.75 Å². The Morgan fingerprint density at radius 1 is 1.28 bits per heavy atom. The Hall–Kier alpha value is -2.57. The summed E-state index contributed by atoms with van der Waals surface area (Å²) in [4.78, 5) is 38.7. The topological polar surface area (TPSA) is 84.9 Å². The maximum Gasteiger partial charge on any atom is 0.308 e. The zero-order valence-corrected chi connectivity index (χ0v) is 18.0. The molecule has 160 valence electrons. The van der Waals surface area contributed by atoms with Crippen LogP contribution in [0.3, 0.4) is 0 Å². The molecule has 0 aromatic heterocycles. The minimum atomic E-state index is -0.876. The first kappa shape index (κ1) is 22.7. The van der Waals surface area contributed by atoms with Crippen molar-refractivity contribution in [2.45, 2.75) is 65.5 Å². The minimum absolute atomic E-state index is 0.163. The molecule has 1 aliphatic rings. The average Bonchev–Trinajstić information content (AvgIpc) is 2.67. The van der Waals surface area contributed by atoms with Crippen molar-refractivity contribution >= 4 is 17.8 Å². The Morgan fingerprint density at radius 3 is 2.66 bits per heavy atom. The van der Waals surface area contributed by atoms with Gasteiger partial charge < -0.3 is 19.7 Å². The van der Waals surface area contributed by atoms with Gasteiger partial charge in [0.2, 0.25) is 5.91 Å². The quantitative estimate of drug-likeness (QED) is 0.673. The molecule has 1 fully saturated rings. The van der Waals surface area contributed by atoms with Gasteiger partial charge in [-0.1, -0.05) is 32.9 Å². The Balaban J connectivity index is 2.06. The summed E-state index contributed by atoms with van der Waals surface area (Å²) in [5.41, 5.74) is 2.06. The van der Waals surface area contributed by atoms with Crippen LogP contribution in [0, 0.1) is 6.92 Å². The van der Waals surface area contributed by atoms with Crippen LogP contribution < -0.4 is 10.1 Å². The Bertz CT molecular complexity index is 747. The van der Waals surface area contributed by atoms with E-state index in [1.54, 1.807) is 6.92 Å². The fourth-order valence-corrected chi connectivity index (χ4v) is 3.20. The van der Waals surface area contributed by atoms with E-state index in [1.807, 2.05) is 32.0 Å². The number of amides is 2. The van der Waals surface area contributed by atoms with Gasteiger partial charge in [-0.05, 0) is 43.4 Å². The fraction of sp³-hybridized carbons (Fsp3) is 0.591. The van der Waals surface area contributed by atoms with Gasteiger partial charge in [0.05, 0.1) is 12.5 Å². The molecule has 0 radical (unpaired) electrons. The van der Waals surface area contributed by atoms with Gasteiger partial charge in [-0.15, -0.1) is 0 Å². The van der Waals surface area contributed by atoms with Crippen LogP contribution in [-0.2, 0) is 19.1 Å². The highest BCUT2D eigenvalue weighted by Crippen LogP contribution is 2.27. The molecule has 1 N–H and O–H groups in total. The average molecular weight is 405 g/mol. The van der Waals surface area contributed by atoms with Gasteiger partial charge in [-0.2, -0.15) is 0 Å². The maximum atomic E-state index is 12.8. The van der Waals surface area contributed by atoms with Crippen molar-refractivity contribution < 1.29 is 23.9 Å². The van der Waals surface area contributed by atoms with Crippen LogP contribution in [0.4, 0.5) is 0 Å². The number of esters is 1. The zero-order valence-electron chi connectivity index (χ0n) is 18.0. The maximum absolute atomic E-state index is 12.8. The highest BCUT2D eigenvalue weighted by molar-refractivity contribution is 5.92. The number of hydrogen-bond donors (Lipinski definition) is 1. The van der Waals surface area contributed by atoms with E-state index in [9.17, 15) is 14.4 Å². The molecule has 1 aliphatic heterocycles. The number of benzene rings is 1. The number of piperazine rings is 1. The first-order chi connectivity index (χ1) is 13.7. The second-order valence-corrected chi connectivity index (χ2v) is 7.79. The Morgan fingerprint density at radius 2 is 2.00 bits per heavy atom. The number of nitrogens with zero attached hydrogens (tertiary/aromatic N) is 1. The third-order valence-electron chi connectivity index (χ3n) is 5.06. The van der Waals surface area contributed by atoms with Crippen molar-refractivity contribution in [3.63, 3.8) is 0 Å². The minimum Gasteiger partial charge on any atom is -0.483 e. The van der Waals surface area contributed by atoms with Crippen LogP contribution >= 0.6 is 0 Å². The van der Waals surface area contributed by atoms with Crippen LogP contribution in [0.25, 0.3) is 0 Å². The summed E-state index contributed by atoms with van der Waals surface area (Å²) in [7, 11) is 0. The lowest BCUT2D eigenvalue weighted by atomic mass is 10.0. The fourth-order valence-electron chi connectivity index (χ4n) is 3.20. The van der Waals surface area contributed by atoms with Gasteiger partial charge in [-0.25, -0.2) is 0 Å². The smallest absolute Gasteiger partial charge is 0.308 e. The summed E-state index contributed by atoms with van der Waals surface area (Å²) in [6.07, 6.45) is 0.301. The first-order valence-electron chi connectivity index (χ1n) is 10.2. The monoisotopic (exact) mass is 404 g/mol. The number of ether oxygens (including phenoxy) is 2. The molecule has 2 amide bonds. The third kappa shape index (κ3) is 6.21. The summed E-state index contributed by atoms with van der Waals surface area (Å²) in [5, 5.41) is 2.71. The van der Waals surface area contributed by atoms with Crippen molar-refractivity contribution in [1.29, 1.82) is 0 Å². The Kier molecular flexibility index (Phi) is 8.05. The number of carbonyl (C=O) groups excluding carboxylic acids is 3. The second-order valence-electron chi connectivity index (χ2n) is 7.79. The number of hydrogen-bond acceptors (Lipinski definition) is 5. The molecule has 0 bridgehead atoms. The molecule has 2 unspecified atom stereocenters. The lowest BCUT2D eigenvalue weighted by Gasteiger charge is -2.34. The molecule has 0 saturated carbocycles. The van der Waals surface area contributed by atoms with Crippen molar-refractivity contribution in [2.75, 3.05) is 19.7 Å². The predicted octanol–water partition coefficient (Wildman–Crippen LogP) is 2.56. The van der Waals surface area contributed by atoms with Crippen LogP contribution in [0.15, 0.2) is 18.2 Å². The van der Waals surface area contributed by atoms with Crippen molar-refractivity contribution in [1.82, 2.24) is 10.2 Å². The van der Waals surface area contributed by atoms with Crippen molar-refractivity contribution in [2.24, 2.45) is 0 Å². The van der Waals surface area contributed by atoms with Crippen LogP contribution in [-0.4, -0.2) is 54.5 Å². The highest BCUT2D eigenvalue weighted by Gasteiger charge is 2.35. The molecule has 2 atom stereocenters. The van der Waals surface area contributed by atoms with Gasteiger partial charge in [0.25, 0.3) is 5.91 Å². The molecule has 1 aromatic rings. The van der Waals surface area contributed by atoms with E-state index in [1.165, 1.54) is 4.90 Å². The van der Waals surface area contributed by atoms with Crippen LogP contribution in [0.2, 0.25) is 0 Å². The summed E-state index contributed by atoms with van der Waals surface area (Å²) in [6, 6.07) is 5.05. The molecule has 29 heavy (non-hydrogen) atoms. The predicted molar refractivity (Wildman–Crippen MR) is 110 cm³/mol. The molecule has 0 spiro atoms. The molecular weight excluding hydrogens is 372 g/mol. The zero-order chi connectivity index (χ0) is 21.6. The normalized spacial score (nSPS) is 17.7. The van der Waals surface area contributed by atoms with E-state index in [0.717, 1.165) is 11.1 Å². The van der Waals surface area contributed by atoms with E-state index in [2.05, 4.69) is 19.2 Å². The summed E-state index contributed by atoms with van der Waals surface area (Å²) in [6.45, 7) is 10.3. The number of rotatable bonds is 8. The van der Waals surface area contributed by atoms with Crippen LogP contribution in [0.5, 0.6) is 5.75 Å². The molecule has 2 rings (SSSR count). The summed E-state index contributed by atoms with van der Waals surface area (Å²) in [5.74, 6) is -0.227. The largest absolute Gasteiger partial charge is 0.483 e. The van der Waals surface area contributed by atoms with Gasteiger partial charge in [0.15, 0.2) is 6.61 Å². The van der Waals surface area contributed by atoms with Crippen molar-refractivity contribution in [3.05, 3.63) is 29.3 Å². The third-order valence-corrected chi connectivity index (χ3v) is 5.06. The second kappa shape index (κ2) is 10.3.